The number of carboxylic acid groups (broad SMARTS) is 1. The van der Waals surface area contributed by atoms with E-state index in [1.54, 1.807) is 12.1 Å². The molecule has 0 aliphatic heterocycles. The molecule has 1 unspecified atom stereocenters. The Bertz CT molecular complexity index is 1940. The van der Waals surface area contributed by atoms with Crippen molar-refractivity contribution in [1.82, 2.24) is 36.9 Å². The molecule has 1 rings (SSSR count). The van der Waals surface area contributed by atoms with Crippen molar-refractivity contribution in [3.8, 4) is 0 Å². The number of amides is 6. The Morgan fingerprint density at radius 3 is 1.32 bits per heavy atom. The van der Waals surface area contributed by atoms with E-state index >= 15 is 0 Å². The summed E-state index contributed by atoms with van der Waals surface area (Å²) in [5.41, 5.74) is 9.47. The van der Waals surface area contributed by atoms with E-state index in [0.717, 1.165) is 5.71 Å². The molecule has 0 saturated heterocycles. The first-order valence-corrected chi connectivity index (χ1v) is 30.1. The number of carbonyl (C=O) groups is 7. The molecule has 1 aromatic heterocycles. The van der Waals surface area contributed by atoms with Crippen molar-refractivity contribution in [1.29, 1.82) is 0 Å². The molecule has 1 heterocycles. The van der Waals surface area contributed by atoms with Crippen LogP contribution < -0.4 is 43.1 Å². The first-order chi connectivity index (χ1) is 42.4. The Morgan fingerprint density at radius 1 is 0.448 bits per heavy atom. The molecule has 0 saturated carbocycles. The molecule has 0 aromatic carbocycles. The maximum Gasteiger partial charge on any atom is 0.305 e. The molecule has 6 amide bonds. The van der Waals surface area contributed by atoms with E-state index < -0.39 is 12.0 Å². The maximum absolute atomic E-state index is 13.3. The number of nitrogens with two attached hydrogens (primary N) is 1. The largest absolute Gasteiger partial charge is 0.481 e. The molecule has 1 atom stereocenters. The molecular weight excluding hydrogens is 1140 g/mol. The Morgan fingerprint density at radius 2 is 0.862 bits per heavy atom. The summed E-state index contributed by atoms with van der Waals surface area (Å²) in [6.45, 7) is 14.2. The highest BCUT2D eigenvalue weighted by Crippen LogP contribution is 2.06. The van der Waals surface area contributed by atoms with Crippen molar-refractivity contribution >= 4 is 52.9 Å². The van der Waals surface area contributed by atoms with Crippen LogP contribution in [-0.2, 0) is 85.6 Å². The number of aromatic nitrogens is 1. The predicted octanol–water partition coefficient (Wildman–Crippen LogP) is 0.102. The van der Waals surface area contributed by atoms with Crippen LogP contribution in [0.2, 0.25) is 0 Å². The highest BCUT2D eigenvalue weighted by molar-refractivity contribution is 5.94. The lowest BCUT2D eigenvalue weighted by Crippen LogP contribution is -2.47. The van der Waals surface area contributed by atoms with Crippen molar-refractivity contribution in [2.75, 3.05) is 203 Å². The number of unbranched alkanes of at least 4 members (excludes halogenated alkanes) is 1. The van der Waals surface area contributed by atoms with Gasteiger partial charge in [-0.05, 0) is 71.0 Å². The number of pyridine rings is 1. The van der Waals surface area contributed by atoms with Crippen LogP contribution in [0.5, 0.6) is 0 Å². The first-order valence-electron chi connectivity index (χ1n) is 30.1. The zero-order chi connectivity index (χ0) is 63.3. The van der Waals surface area contributed by atoms with Crippen LogP contribution in [0.3, 0.4) is 0 Å². The Labute approximate surface area is 512 Å². The quantitative estimate of drug-likeness (QED) is 0.0237. The number of hydrogen-bond donors (Lipinski definition) is 9. The third kappa shape index (κ3) is 54.3. The fourth-order valence-corrected chi connectivity index (χ4v) is 6.88. The molecule has 0 aliphatic carbocycles. The normalized spacial score (nSPS) is 11.4. The monoisotopic (exact) mass is 1250 g/mol. The summed E-state index contributed by atoms with van der Waals surface area (Å²) in [5.74, 6) is -1.95. The second kappa shape index (κ2) is 59.4. The standard InChI is InChI=1S/C57H102N10O20/c1-47(2)66-67-50-11-10-48(46-64-50)56(74)63-21-27-81-33-32-80-26-20-61-53(70)13-12-52(69)59-17-4-3-8-49(57(75)62-19-7-23-77-29-35-82-34-28-76-22-6-18-60-51(68)9-5-16-58)65-54(71)14-24-78-30-36-83-38-40-85-42-44-87-45-43-86-41-39-84-37-31-79-25-15-55(72)73/h10-11,46,49H,3-9,12-45,58H2,1-2H3,(H,59,69)(H,60,68)(H,61,70)(H,62,75)(H,63,74)(H,64,67)(H,65,71)(H,72,73). The van der Waals surface area contributed by atoms with Gasteiger partial charge in [0, 0.05) is 83.5 Å². The number of carboxylic acids is 1. The molecule has 87 heavy (non-hydrogen) atoms. The summed E-state index contributed by atoms with van der Waals surface area (Å²) in [6.07, 6.45) is 5.12. The van der Waals surface area contributed by atoms with Crippen LogP contribution in [0.1, 0.15) is 94.8 Å². The van der Waals surface area contributed by atoms with Crippen molar-refractivity contribution < 1.29 is 95.5 Å². The number of aliphatic carboxylic acids is 1. The van der Waals surface area contributed by atoms with Gasteiger partial charge in [0.15, 0.2) is 0 Å². The summed E-state index contributed by atoms with van der Waals surface area (Å²) in [6, 6.07) is 2.49. The zero-order valence-corrected chi connectivity index (χ0v) is 51.5. The van der Waals surface area contributed by atoms with Crippen LogP contribution in [0.15, 0.2) is 23.4 Å². The number of carbonyl (C=O) groups excluding carboxylic acids is 6. The molecule has 30 heteroatoms. The Kier molecular flexibility index (Phi) is 54.2. The number of rotatable bonds is 63. The van der Waals surface area contributed by atoms with Gasteiger partial charge in [0.1, 0.15) is 11.9 Å². The lowest BCUT2D eigenvalue weighted by Gasteiger charge is -2.19. The molecular formula is C57H102N10O20. The molecule has 0 aliphatic rings. The fraction of sp³-hybridized carbons (Fsp3) is 0.772. The number of ether oxygens (including phenoxy) is 12. The van der Waals surface area contributed by atoms with Crippen LogP contribution >= 0.6 is 0 Å². The summed E-state index contributed by atoms with van der Waals surface area (Å²) in [7, 11) is 0. The van der Waals surface area contributed by atoms with E-state index in [1.165, 1.54) is 6.20 Å². The smallest absolute Gasteiger partial charge is 0.305 e. The summed E-state index contributed by atoms with van der Waals surface area (Å²) in [5, 5.41) is 29.4. The number of hydrazone groups is 1. The van der Waals surface area contributed by atoms with E-state index in [4.69, 9.17) is 67.7 Å². The molecule has 0 radical (unpaired) electrons. The van der Waals surface area contributed by atoms with Gasteiger partial charge in [0.25, 0.3) is 5.91 Å². The third-order valence-electron chi connectivity index (χ3n) is 11.4. The Hall–Kier alpha value is -5.61. The van der Waals surface area contributed by atoms with E-state index in [0.29, 0.717) is 215 Å². The number of nitrogens with zero attached hydrogens (tertiary/aromatic N) is 2. The third-order valence-corrected chi connectivity index (χ3v) is 11.4. The van der Waals surface area contributed by atoms with Crippen molar-refractivity contribution in [2.45, 2.75) is 90.5 Å². The molecule has 0 fully saturated rings. The van der Waals surface area contributed by atoms with Gasteiger partial charge < -0.3 is 99.6 Å². The number of hydrogen-bond acceptors (Lipinski definition) is 23. The summed E-state index contributed by atoms with van der Waals surface area (Å²) < 4.78 is 65.7. The van der Waals surface area contributed by atoms with E-state index in [9.17, 15) is 33.6 Å². The fourth-order valence-electron chi connectivity index (χ4n) is 6.88. The van der Waals surface area contributed by atoms with Crippen LogP contribution in [-0.4, -0.2) is 261 Å². The SMILES string of the molecule is CC(C)=NNc1ccc(C(=O)NCCOCCOCCNC(=O)CCC(=O)NCCCCC(NC(=O)CCOCCOCCOCCOCCOCCOCCOCCC(=O)O)C(=O)NCCCOCCOCCOCCCNC(=O)CCCN)cn1. The van der Waals surface area contributed by atoms with Crippen molar-refractivity contribution in [2.24, 2.45) is 10.8 Å². The predicted molar refractivity (Wildman–Crippen MR) is 320 cm³/mol. The van der Waals surface area contributed by atoms with Gasteiger partial charge >= 0.3 is 5.97 Å². The minimum atomic E-state index is -0.902. The summed E-state index contributed by atoms with van der Waals surface area (Å²) >= 11 is 0. The molecule has 0 spiro atoms. The Balaban J connectivity index is 2.27. The summed E-state index contributed by atoms with van der Waals surface area (Å²) in [4.78, 5) is 89.6. The van der Waals surface area contributed by atoms with Crippen LogP contribution in [0.25, 0.3) is 0 Å². The van der Waals surface area contributed by atoms with E-state index in [1.807, 2.05) is 13.8 Å². The highest BCUT2D eigenvalue weighted by Gasteiger charge is 2.20. The minimum absolute atomic E-state index is 0.00422. The molecule has 500 valence electrons. The van der Waals surface area contributed by atoms with Gasteiger partial charge in [-0.3, -0.25) is 39.0 Å². The van der Waals surface area contributed by atoms with E-state index in [-0.39, 0.29) is 101 Å². The van der Waals surface area contributed by atoms with Gasteiger partial charge in [-0.15, -0.1) is 0 Å². The second-order valence-corrected chi connectivity index (χ2v) is 19.2. The molecule has 10 N–H and O–H groups in total. The number of anilines is 1. The van der Waals surface area contributed by atoms with Gasteiger partial charge in [0.2, 0.25) is 29.5 Å². The minimum Gasteiger partial charge on any atom is -0.481 e. The van der Waals surface area contributed by atoms with Crippen LogP contribution in [0, 0.1) is 0 Å². The van der Waals surface area contributed by atoms with Gasteiger partial charge in [-0.2, -0.15) is 5.10 Å². The van der Waals surface area contributed by atoms with Gasteiger partial charge in [-0.1, -0.05) is 0 Å². The number of nitrogens with one attached hydrogen (secondary N) is 7. The van der Waals surface area contributed by atoms with Gasteiger partial charge in [0.05, 0.1) is 157 Å². The van der Waals surface area contributed by atoms with Crippen LogP contribution in [0.4, 0.5) is 5.82 Å². The second-order valence-electron chi connectivity index (χ2n) is 19.2. The lowest BCUT2D eigenvalue weighted by molar-refractivity contribution is -0.138. The maximum atomic E-state index is 13.3. The molecule has 30 nitrogen and oxygen atoms in total. The van der Waals surface area contributed by atoms with E-state index in [2.05, 4.69) is 47.4 Å². The lowest BCUT2D eigenvalue weighted by atomic mass is 10.1. The highest BCUT2D eigenvalue weighted by atomic mass is 16.6. The van der Waals surface area contributed by atoms with Crippen molar-refractivity contribution in [3.05, 3.63) is 23.9 Å². The van der Waals surface area contributed by atoms with Gasteiger partial charge in [-0.25, -0.2) is 4.98 Å². The molecule has 0 bridgehead atoms. The topological polar surface area (TPSA) is 386 Å². The average molecular weight is 1250 g/mol. The first kappa shape index (κ1) is 79.4. The van der Waals surface area contributed by atoms with Crippen molar-refractivity contribution in [3.63, 3.8) is 0 Å². The molecule has 1 aromatic rings. The average Bonchev–Trinajstić information content (AvgIpc) is 3.67. The zero-order valence-electron chi connectivity index (χ0n) is 51.5.